The van der Waals surface area contributed by atoms with E-state index >= 15 is 0 Å². The van der Waals surface area contributed by atoms with Crippen molar-refractivity contribution in [2.24, 2.45) is 0 Å². The monoisotopic (exact) mass is 306 g/mol. The molecule has 1 aliphatic rings. The van der Waals surface area contributed by atoms with Gasteiger partial charge in [0.15, 0.2) is 5.11 Å². The quantitative estimate of drug-likeness (QED) is 0.519. The van der Waals surface area contributed by atoms with Crippen molar-refractivity contribution in [1.29, 1.82) is 0 Å². The summed E-state index contributed by atoms with van der Waals surface area (Å²) in [5, 5.41) is 3.07. The molecule has 4 nitrogen and oxygen atoms in total. The Morgan fingerprint density at radius 3 is 2.50 bits per heavy atom. The van der Waals surface area contributed by atoms with Crippen LogP contribution in [0.25, 0.3) is 0 Å². The Labute approximate surface area is 126 Å². The van der Waals surface area contributed by atoms with Crippen molar-refractivity contribution < 1.29 is 9.59 Å². The van der Waals surface area contributed by atoms with Gasteiger partial charge in [0.05, 0.1) is 5.69 Å². The smallest absolute Gasteiger partial charge is 0.270 e. The number of hydrogen-bond donors (Lipinski definition) is 1. The Morgan fingerprint density at radius 1 is 1.35 bits per heavy atom. The van der Waals surface area contributed by atoms with Crippen molar-refractivity contribution in [2.75, 3.05) is 4.90 Å². The lowest BCUT2D eigenvalue weighted by Crippen LogP contribution is -2.54. The van der Waals surface area contributed by atoms with E-state index in [4.69, 9.17) is 23.8 Å². The molecule has 2 amide bonds. The lowest BCUT2D eigenvalue weighted by Gasteiger charge is -2.28. The van der Waals surface area contributed by atoms with E-state index in [2.05, 4.69) is 11.9 Å². The minimum absolute atomic E-state index is 0.000972. The molecule has 1 heterocycles. The van der Waals surface area contributed by atoms with Crippen LogP contribution in [0.3, 0.4) is 0 Å². The first-order valence-corrected chi connectivity index (χ1v) is 6.51. The molecule has 1 aromatic carbocycles. The van der Waals surface area contributed by atoms with Crippen molar-refractivity contribution in [3.05, 3.63) is 53.1 Å². The Bertz CT molecular complexity index is 650. The zero-order chi connectivity index (χ0) is 14.9. The van der Waals surface area contributed by atoms with Gasteiger partial charge < -0.3 is 0 Å². The molecule has 2 rings (SSSR count). The molecule has 0 radical (unpaired) electrons. The molecule has 0 spiro atoms. The number of halogens is 1. The van der Waals surface area contributed by atoms with Crippen LogP contribution in [-0.4, -0.2) is 16.9 Å². The van der Waals surface area contributed by atoms with Crippen LogP contribution in [0.5, 0.6) is 0 Å². The van der Waals surface area contributed by atoms with Crippen molar-refractivity contribution in [1.82, 2.24) is 5.32 Å². The molecular weight excluding hydrogens is 296 g/mol. The summed E-state index contributed by atoms with van der Waals surface area (Å²) in [5.41, 5.74) is 1.14. The highest BCUT2D eigenvalue weighted by atomic mass is 35.5. The molecule has 1 saturated heterocycles. The minimum Gasteiger partial charge on any atom is -0.298 e. The van der Waals surface area contributed by atoms with Crippen LogP contribution in [0.2, 0.25) is 5.02 Å². The topological polar surface area (TPSA) is 49.4 Å². The van der Waals surface area contributed by atoms with Crippen LogP contribution < -0.4 is 10.2 Å². The van der Waals surface area contributed by atoms with E-state index in [0.29, 0.717) is 16.3 Å². The molecule has 1 aromatic rings. The van der Waals surface area contributed by atoms with Crippen molar-refractivity contribution in [2.45, 2.75) is 6.92 Å². The summed E-state index contributed by atoms with van der Waals surface area (Å²) in [6, 6.07) is 6.60. The molecule has 0 saturated carbocycles. The predicted molar refractivity (Wildman–Crippen MR) is 82.6 cm³/mol. The van der Waals surface area contributed by atoms with E-state index in [1.165, 1.54) is 11.0 Å². The number of thiocarbonyl (C=S) groups is 1. The highest BCUT2D eigenvalue weighted by Gasteiger charge is 2.34. The van der Waals surface area contributed by atoms with Gasteiger partial charge in [0.2, 0.25) is 0 Å². The normalized spacial score (nSPS) is 17.4. The van der Waals surface area contributed by atoms with Gasteiger partial charge in [-0.05, 0) is 49.5 Å². The predicted octanol–water partition coefficient (Wildman–Crippen LogP) is 2.59. The highest BCUT2D eigenvalue weighted by molar-refractivity contribution is 7.80. The molecular formula is C14H11ClN2O2S. The Balaban J connectivity index is 2.45. The van der Waals surface area contributed by atoms with Gasteiger partial charge in [-0.3, -0.25) is 19.8 Å². The Hall–Kier alpha value is -1.98. The third kappa shape index (κ3) is 2.79. The van der Waals surface area contributed by atoms with Gasteiger partial charge in [-0.1, -0.05) is 23.8 Å². The molecule has 0 unspecified atom stereocenters. The fraction of sp³-hybridized carbons (Fsp3) is 0.0714. The number of nitrogens with zero attached hydrogens (tertiary/aromatic N) is 1. The van der Waals surface area contributed by atoms with Crippen molar-refractivity contribution in [3.63, 3.8) is 0 Å². The molecule has 1 aliphatic heterocycles. The highest BCUT2D eigenvalue weighted by Crippen LogP contribution is 2.22. The first kappa shape index (κ1) is 14.4. The van der Waals surface area contributed by atoms with E-state index in [9.17, 15) is 9.59 Å². The van der Waals surface area contributed by atoms with Gasteiger partial charge in [0.1, 0.15) is 5.57 Å². The molecule has 0 aromatic heterocycles. The largest absolute Gasteiger partial charge is 0.298 e. The van der Waals surface area contributed by atoms with E-state index in [1.807, 2.05) is 0 Å². The third-order valence-corrected chi connectivity index (χ3v) is 3.11. The number of benzene rings is 1. The van der Waals surface area contributed by atoms with Gasteiger partial charge in [-0.25, -0.2) is 0 Å². The van der Waals surface area contributed by atoms with Crippen LogP contribution in [0, 0.1) is 0 Å². The average molecular weight is 307 g/mol. The summed E-state index contributed by atoms with van der Waals surface area (Å²) in [7, 11) is 0. The molecule has 1 N–H and O–H groups in total. The standard InChI is InChI=1S/C14H11ClN2O2S/c1-8(2)7-11-12(18)16-14(20)17(13(11)19)10-5-3-9(15)4-6-10/h3-7H,1H2,2H3,(H,16,18,20). The Kier molecular flexibility index (Phi) is 4.01. The summed E-state index contributed by atoms with van der Waals surface area (Å²) < 4.78 is 0. The fourth-order valence-corrected chi connectivity index (χ4v) is 2.14. The number of nitrogens with one attached hydrogen (secondary N) is 1. The van der Waals surface area contributed by atoms with E-state index in [-0.39, 0.29) is 10.7 Å². The van der Waals surface area contributed by atoms with Gasteiger partial charge in [-0.2, -0.15) is 0 Å². The summed E-state index contributed by atoms with van der Waals surface area (Å²) in [6.45, 7) is 5.37. The second-order valence-corrected chi connectivity index (χ2v) is 5.10. The lowest BCUT2D eigenvalue weighted by molar-refractivity contribution is -0.122. The molecule has 1 fully saturated rings. The molecule has 6 heteroatoms. The van der Waals surface area contributed by atoms with Crippen molar-refractivity contribution >= 4 is 46.4 Å². The maximum Gasteiger partial charge on any atom is 0.270 e. The molecule has 0 aliphatic carbocycles. The maximum absolute atomic E-state index is 12.4. The zero-order valence-electron chi connectivity index (χ0n) is 10.6. The summed E-state index contributed by atoms with van der Waals surface area (Å²) >= 11 is 10.9. The molecule has 102 valence electrons. The summed E-state index contributed by atoms with van der Waals surface area (Å²) in [5.74, 6) is -1.00. The molecule has 0 bridgehead atoms. The third-order valence-electron chi connectivity index (χ3n) is 2.58. The number of carbonyl (C=O) groups is 2. The SMILES string of the molecule is C=C(C)C=C1C(=O)NC(=S)N(c2ccc(Cl)cc2)C1=O. The van der Waals surface area contributed by atoms with E-state index in [1.54, 1.807) is 31.2 Å². The maximum atomic E-state index is 12.4. The first-order valence-electron chi connectivity index (χ1n) is 5.72. The number of carbonyl (C=O) groups excluding carboxylic acids is 2. The number of allylic oxidation sites excluding steroid dienone is 2. The van der Waals surface area contributed by atoms with E-state index < -0.39 is 11.8 Å². The van der Waals surface area contributed by atoms with Crippen LogP contribution in [0.4, 0.5) is 5.69 Å². The van der Waals surface area contributed by atoms with Gasteiger partial charge in [0, 0.05) is 5.02 Å². The second kappa shape index (κ2) is 5.56. The zero-order valence-corrected chi connectivity index (χ0v) is 12.2. The number of rotatable bonds is 2. The molecule has 0 atom stereocenters. The van der Waals surface area contributed by atoms with Gasteiger partial charge in [0.25, 0.3) is 11.8 Å². The fourth-order valence-electron chi connectivity index (χ4n) is 1.73. The van der Waals surface area contributed by atoms with Crippen LogP contribution in [0.15, 0.2) is 48.1 Å². The second-order valence-electron chi connectivity index (χ2n) is 4.28. The van der Waals surface area contributed by atoms with Gasteiger partial charge >= 0.3 is 0 Å². The van der Waals surface area contributed by atoms with Gasteiger partial charge in [-0.15, -0.1) is 0 Å². The minimum atomic E-state index is -0.520. The lowest BCUT2D eigenvalue weighted by atomic mass is 10.1. The number of hydrogen-bond acceptors (Lipinski definition) is 3. The summed E-state index contributed by atoms with van der Waals surface area (Å²) in [6.07, 6.45) is 1.43. The van der Waals surface area contributed by atoms with Crippen LogP contribution >= 0.6 is 23.8 Å². The number of amides is 2. The molecule has 20 heavy (non-hydrogen) atoms. The Morgan fingerprint density at radius 2 is 1.95 bits per heavy atom. The van der Waals surface area contributed by atoms with Crippen molar-refractivity contribution in [3.8, 4) is 0 Å². The van der Waals surface area contributed by atoms with E-state index in [0.717, 1.165) is 0 Å². The first-order chi connectivity index (χ1) is 9.40. The van der Waals surface area contributed by atoms with Crippen LogP contribution in [0.1, 0.15) is 6.92 Å². The van der Waals surface area contributed by atoms with Crippen LogP contribution in [-0.2, 0) is 9.59 Å². The summed E-state index contributed by atoms with van der Waals surface area (Å²) in [4.78, 5) is 25.5. The average Bonchev–Trinajstić information content (AvgIpc) is 2.36. The number of anilines is 1.